The minimum absolute atomic E-state index is 0.436. The summed E-state index contributed by atoms with van der Waals surface area (Å²) in [6, 6.07) is 3.47. The largest absolute Gasteiger partial charge is 0.399 e. The molecular formula is C10H17ClN4. The van der Waals surface area contributed by atoms with Crippen molar-refractivity contribution in [2.45, 2.75) is 6.42 Å². The fourth-order valence-electron chi connectivity index (χ4n) is 1.31. The van der Waals surface area contributed by atoms with Crippen molar-refractivity contribution in [3.05, 3.63) is 17.3 Å². The van der Waals surface area contributed by atoms with Crippen molar-refractivity contribution in [2.24, 2.45) is 0 Å². The van der Waals surface area contributed by atoms with Crippen LogP contribution in [0.2, 0.25) is 5.15 Å². The summed E-state index contributed by atoms with van der Waals surface area (Å²) in [7, 11) is 3.92. The zero-order chi connectivity index (χ0) is 11.3. The van der Waals surface area contributed by atoms with Gasteiger partial charge >= 0.3 is 0 Å². The van der Waals surface area contributed by atoms with E-state index in [4.69, 9.17) is 17.3 Å². The number of pyridine rings is 1. The van der Waals surface area contributed by atoms with Gasteiger partial charge in [-0.3, -0.25) is 0 Å². The molecule has 15 heavy (non-hydrogen) atoms. The summed E-state index contributed by atoms with van der Waals surface area (Å²) in [5.41, 5.74) is 6.33. The highest BCUT2D eigenvalue weighted by Gasteiger charge is 2.04. The quantitative estimate of drug-likeness (QED) is 0.590. The summed E-state index contributed by atoms with van der Waals surface area (Å²) in [6.07, 6.45) is 1.06. The molecule has 1 aromatic heterocycles. The van der Waals surface area contributed by atoms with Crippen LogP contribution in [-0.2, 0) is 0 Å². The van der Waals surface area contributed by atoms with Gasteiger partial charge in [0, 0.05) is 25.3 Å². The van der Waals surface area contributed by atoms with Crippen molar-refractivity contribution in [3.8, 4) is 0 Å². The lowest BCUT2D eigenvalue weighted by Crippen LogP contribution is -2.23. The van der Waals surface area contributed by atoms with E-state index in [0.717, 1.165) is 25.3 Å². The standard InChI is InChI=1S/C10H17ClN4/c1-13-4-3-5-15(2)10-7-8(12)6-9(11)14-10/h6-7,13H,3-5H2,1-2H3,(H2,12,14). The van der Waals surface area contributed by atoms with Crippen LogP contribution in [0.15, 0.2) is 12.1 Å². The molecule has 0 amide bonds. The molecule has 5 heteroatoms. The normalized spacial score (nSPS) is 10.3. The Bertz CT molecular complexity index is 296. The van der Waals surface area contributed by atoms with Gasteiger partial charge in [0.05, 0.1) is 0 Å². The molecule has 0 saturated carbocycles. The highest BCUT2D eigenvalue weighted by molar-refractivity contribution is 6.29. The van der Waals surface area contributed by atoms with E-state index >= 15 is 0 Å². The Morgan fingerprint density at radius 3 is 2.87 bits per heavy atom. The van der Waals surface area contributed by atoms with E-state index in [-0.39, 0.29) is 0 Å². The van der Waals surface area contributed by atoms with Crippen LogP contribution in [0.25, 0.3) is 0 Å². The van der Waals surface area contributed by atoms with Gasteiger partial charge in [0.1, 0.15) is 11.0 Å². The molecule has 0 aliphatic rings. The lowest BCUT2D eigenvalue weighted by atomic mass is 10.3. The third-order valence-corrected chi connectivity index (χ3v) is 2.31. The van der Waals surface area contributed by atoms with Crippen molar-refractivity contribution >= 4 is 23.1 Å². The van der Waals surface area contributed by atoms with E-state index in [9.17, 15) is 0 Å². The van der Waals surface area contributed by atoms with Gasteiger partial charge in [-0.25, -0.2) is 4.98 Å². The molecule has 1 heterocycles. The molecule has 0 saturated heterocycles. The Morgan fingerprint density at radius 2 is 2.27 bits per heavy atom. The maximum absolute atomic E-state index is 5.83. The number of hydrogen-bond acceptors (Lipinski definition) is 4. The van der Waals surface area contributed by atoms with Gasteiger partial charge in [0.25, 0.3) is 0 Å². The van der Waals surface area contributed by atoms with Gasteiger partial charge in [-0.05, 0) is 26.1 Å². The van der Waals surface area contributed by atoms with Crippen LogP contribution in [0.1, 0.15) is 6.42 Å². The van der Waals surface area contributed by atoms with E-state index in [0.29, 0.717) is 10.8 Å². The summed E-state index contributed by atoms with van der Waals surface area (Å²) in [6.45, 7) is 1.91. The van der Waals surface area contributed by atoms with Crippen molar-refractivity contribution in [1.29, 1.82) is 0 Å². The number of halogens is 1. The Hall–Kier alpha value is -1.00. The number of nitrogens with two attached hydrogens (primary N) is 1. The molecule has 0 aliphatic heterocycles. The Morgan fingerprint density at radius 1 is 1.53 bits per heavy atom. The minimum atomic E-state index is 0.436. The zero-order valence-electron chi connectivity index (χ0n) is 9.13. The van der Waals surface area contributed by atoms with Crippen molar-refractivity contribution in [2.75, 3.05) is 37.8 Å². The molecule has 0 aromatic carbocycles. The fourth-order valence-corrected chi connectivity index (χ4v) is 1.52. The van der Waals surface area contributed by atoms with E-state index in [1.165, 1.54) is 0 Å². The van der Waals surface area contributed by atoms with Crippen LogP contribution >= 0.6 is 11.6 Å². The third kappa shape index (κ3) is 3.93. The molecule has 4 nitrogen and oxygen atoms in total. The van der Waals surface area contributed by atoms with Gasteiger partial charge in [-0.15, -0.1) is 0 Å². The predicted octanol–water partition coefficient (Wildman–Crippen LogP) is 1.36. The van der Waals surface area contributed by atoms with E-state index in [1.54, 1.807) is 6.07 Å². The average molecular weight is 229 g/mol. The van der Waals surface area contributed by atoms with Crippen LogP contribution in [0.4, 0.5) is 11.5 Å². The Balaban J connectivity index is 2.60. The topological polar surface area (TPSA) is 54.2 Å². The second-order valence-corrected chi connectivity index (χ2v) is 3.85. The van der Waals surface area contributed by atoms with Crippen LogP contribution in [0, 0.1) is 0 Å². The Labute approximate surface area is 95.4 Å². The summed E-state index contributed by atoms with van der Waals surface area (Å²) >= 11 is 5.83. The van der Waals surface area contributed by atoms with E-state index < -0.39 is 0 Å². The minimum Gasteiger partial charge on any atom is -0.399 e. The Kier molecular flexibility index (Phi) is 4.65. The number of hydrogen-bond donors (Lipinski definition) is 2. The van der Waals surface area contributed by atoms with E-state index in [1.807, 2.05) is 25.1 Å². The van der Waals surface area contributed by atoms with Gasteiger partial charge < -0.3 is 16.0 Å². The lowest BCUT2D eigenvalue weighted by molar-refractivity contribution is 0.709. The second-order valence-electron chi connectivity index (χ2n) is 3.46. The van der Waals surface area contributed by atoms with Crippen LogP contribution in [0.3, 0.4) is 0 Å². The molecule has 1 rings (SSSR count). The number of nitrogens with zero attached hydrogens (tertiary/aromatic N) is 2. The van der Waals surface area contributed by atoms with Crippen LogP contribution in [-0.4, -0.2) is 32.2 Å². The van der Waals surface area contributed by atoms with Crippen molar-refractivity contribution in [3.63, 3.8) is 0 Å². The van der Waals surface area contributed by atoms with Gasteiger partial charge in [0.2, 0.25) is 0 Å². The molecule has 0 bridgehead atoms. The summed E-state index contributed by atoms with van der Waals surface area (Å²) in [5, 5.41) is 3.54. The molecule has 0 aliphatic carbocycles. The summed E-state index contributed by atoms with van der Waals surface area (Å²) < 4.78 is 0. The molecule has 1 aromatic rings. The van der Waals surface area contributed by atoms with Crippen LogP contribution in [0.5, 0.6) is 0 Å². The van der Waals surface area contributed by atoms with Crippen molar-refractivity contribution < 1.29 is 0 Å². The first-order valence-electron chi connectivity index (χ1n) is 4.92. The summed E-state index contributed by atoms with van der Waals surface area (Å²) in [4.78, 5) is 6.24. The predicted molar refractivity (Wildman–Crippen MR) is 65.5 cm³/mol. The highest BCUT2D eigenvalue weighted by Crippen LogP contribution is 2.18. The molecular weight excluding hydrogens is 212 g/mol. The molecule has 0 radical (unpaired) electrons. The number of nitrogen functional groups attached to an aromatic ring is 1. The smallest absolute Gasteiger partial charge is 0.133 e. The first-order chi connectivity index (χ1) is 7.13. The summed E-state index contributed by atoms with van der Waals surface area (Å²) in [5.74, 6) is 0.816. The lowest BCUT2D eigenvalue weighted by Gasteiger charge is -2.18. The van der Waals surface area contributed by atoms with Crippen LogP contribution < -0.4 is 16.0 Å². The first-order valence-corrected chi connectivity index (χ1v) is 5.30. The highest BCUT2D eigenvalue weighted by atomic mass is 35.5. The molecule has 0 unspecified atom stereocenters. The fraction of sp³-hybridized carbons (Fsp3) is 0.500. The molecule has 0 spiro atoms. The van der Waals surface area contributed by atoms with Gasteiger partial charge in [0.15, 0.2) is 0 Å². The number of aromatic nitrogens is 1. The average Bonchev–Trinajstić information content (AvgIpc) is 2.16. The number of rotatable bonds is 5. The second kappa shape index (κ2) is 5.78. The maximum atomic E-state index is 5.83. The SMILES string of the molecule is CNCCCN(C)c1cc(N)cc(Cl)n1. The van der Waals surface area contributed by atoms with Crippen molar-refractivity contribution in [1.82, 2.24) is 10.3 Å². The number of anilines is 2. The maximum Gasteiger partial charge on any atom is 0.133 e. The molecule has 3 N–H and O–H groups in total. The number of nitrogens with one attached hydrogen (secondary N) is 1. The molecule has 0 atom stereocenters. The molecule has 0 fully saturated rings. The third-order valence-electron chi connectivity index (χ3n) is 2.11. The van der Waals surface area contributed by atoms with Gasteiger partial charge in [-0.1, -0.05) is 11.6 Å². The van der Waals surface area contributed by atoms with Gasteiger partial charge in [-0.2, -0.15) is 0 Å². The molecule has 84 valence electrons. The zero-order valence-corrected chi connectivity index (χ0v) is 9.88. The first kappa shape index (κ1) is 12.1. The van der Waals surface area contributed by atoms with E-state index in [2.05, 4.69) is 10.3 Å². The monoisotopic (exact) mass is 228 g/mol.